The van der Waals surface area contributed by atoms with Gasteiger partial charge in [0.05, 0.1) is 25.4 Å². The number of hydrogen-bond acceptors (Lipinski definition) is 4. The molecule has 3 aromatic rings. The molecule has 0 atom stereocenters. The number of ether oxygens (including phenoxy) is 1. The van der Waals surface area contributed by atoms with Crippen LogP contribution in [0.15, 0.2) is 71.7 Å². The second-order valence-corrected chi connectivity index (χ2v) is 5.24. The monoisotopic (exact) mass is 320 g/mol. The third-order valence-corrected chi connectivity index (χ3v) is 3.66. The number of hydrogen-bond donors (Lipinski definition) is 0. The Morgan fingerprint density at radius 3 is 2.29 bits per heavy atom. The van der Waals surface area contributed by atoms with E-state index in [0.29, 0.717) is 12.1 Å². The van der Waals surface area contributed by atoms with Crippen molar-refractivity contribution in [1.29, 1.82) is 0 Å². The van der Waals surface area contributed by atoms with E-state index in [9.17, 15) is 9.59 Å². The summed E-state index contributed by atoms with van der Waals surface area (Å²) in [6, 6.07) is 18.2. The van der Waals surface area contributed by atoms with Crippen LogP contribution in [-0.4, -0.2) is 22.7 Å². The highest BCUT2D eigenvalue weighted by molar-refractivity contribution is 6.10. The third-order valence-electron chi connectivity index (χ3n) is 3.66. The minimum absolute atomic E-state index is 0.00906. The van der Waals surface area contributed by atoms with Gasteiger partial charge < -0.3 is 4.74 Å². The van der Waals surface area contributed by atoms with Crippen LogP contribution in [-0.2, 0) is 6.54 Å². The minimum Gasteiger partial charge on any atom is -0.490 e. The molecule has 0 unspecified atom stereocenters. The van der Waals surface area contributed by atoms with Gasteiger partial charge in [0.2, 0.25) is 0 Å². The molecule has 0 fully saturated rings. The van der Waals surface area contributed by atoms with Crippen molar-refractivity contribution in [3.05, 3.63) is 93.9 Å². The molecule has 0 spiro atoms. The topological polar surface area (TPSA) is 61.2 Å². The van der Waals surface area contributed by atoms with Crippen molar-refractivity contribution in [1.82, 2.24) is 9.78 Å². The van der Waals surface area contributed by atoms with Crippen LogP contribution < -0.4 is 10.3 Å². The Morgan fingerprint density at radius 2 is 1.67 bits per heavy atom. The molecule has 0 saturated heterocycles. The van der Waals surface area contributed by atoms with Crippen LogP contribution in [0.1, 0.15) is 21.5 Å². The molecule has 24 heavy (non-hydrogen) atoms. The number of nitrogens with zero attached hydrogens (tertiary/aromatic N) is 2. The maximum absolute atomic E-state index is 12.6. The van der Waals surface area contributed by atoms with Crippen LogP contribution in [0.4, 0.5) is 0 Å². The Hall–Kier alpha value is -3.21. The highest BCUT2D eigenvalue weighted by Gasteiger charge is 2.19. The molecule has 0 N–H and O–H groups in total. The van der Waals surface area contributed by atoms with Crippen molar-refractivity contribution in [3.63, 3.8) is 0 Å². The van der Waals surface area contributed by atoms with E-state index in [-0.39, 0.29) is 17.1 Å². The van der Waals surface area contributed by atoms with Gasteiger partial charge in [-0.05, 0) is 5.56 Å². The standard InChI is InChI=1S/C19H16N2O3/c1-24-18-16(17(22)15-10-6-3-7-11-15)12-20-21(19(18)23)13-14-8-4-2-5-9-14/h2-12H,13H2,1H3. The predicted octanol–water partition coefficient (Wildman–Crippen LogP) is 2.53. The van der Waals surface area contributed by atoms with Crippen LogP contribution in [0.2, 0.25) is 0 Å². The first-order chi connectivity index (χ1) is 11.7. The van der Waals surface area contributed by atoms with Gasteiger partial charge in [0.15, 0.2) is 11.5 Å². The number of ketones is 1. The van der Waals surface area contributed by atoms with Crippen molar-refractivity contribution >= 4 is 5.78 Å². The Bertz CT molecular complexity index is 903. The fraction of sp³-hybridized carbons (Fsp3) is 0.105. The van der Waals surface area contributed by atoms with Crippen molar-refractivity contribution in [2.75, 3.05) is 7.11 Å². The fourth-order valence-corrected chi connectivity index (χ4v) is 2.44. The van der Waals surface area contributed by atoms with E-state index in [0.717, 1.165) is 5.56 Å². The maximum Gasteiger partial charge on any atom is 0.310 e. The SMILES string of the molecule is COc1c(C(=O)c2ccccc2)cnn(Cc2ccccc2)c1=O. The van der Waals surface area contributed by atoms with Crippen molar-refractivity contribution < 1.29 is 9.53 Å². The lowest BCUT2D eigenvalue weighted by atomic mass is 10.0. The van der Waals surface area contributed by atoms with Crippen LogP contribution >= 0.6 is 0 Å². The summed E-state index contributed by atoms with van der Waals surface area (Å²) >= 11 is 0. The molecule has 0 aliphatic rings. The normalized spacial score (nSPS) is 10.4. The van der Waals surface area contributed by atoms with Crippen LogP contribution in [0.5, 0.6) is 5.75 Å². The summed E-state index contributed by atoms with van der Waals surface area (Å²) in [5.41, 5.74) is 1.16. The summed E-state index contributed by atoms with van der Waals surface area (Å²) in [5, 5.41) is 4.13. The number of aromatic nitrogens is 2. The molecule has 0 amide bonds. The Kier molecular flexibility index (Phi) is 4.52. The zero-order chi connectivity index (χ0) is 16.9. The van der Waals surface area contributed by atoms with Crippen LogP contribution in [0.3, 0.4) is 0 Å². The minimum atomic E-state index is -0.428. The van der Waals surface area contributed by atoms with Gasteiger partial charge in [0.25, 0.3) is 0 Å². The summed E-state index contributed by atoms with van der Waals surface area (Å²) in [6.07, 6.45) is 1.39. The average Bonchev–Trinajstić information content (AvgIpc) is 2.64. The second kappa shape index (κ2) is 6.91. The Morgan fingerprint density at radius 1 is 1.04 bits per heavy atom. The van der Waals surface area contributed by atoms with Gasteiger partial charge in [0, 0.05) is 5.56 Å². The predicted molar refractivity (Wildman–Crippen MR) is 90.5 cm³/mol. The molecule has 5 heteroatoms. The van der Waals surface area contributed by atoms with Gasteiger partial charge >= 0.3 is 5.56 Å². The average molecular weight is 320 g/mol. The Labute approximate surface area is 139 Å². The molecular weight excluding hydrogens is 304 g/mol. The van der Waals surface area contributed by atoms with Gasteiger partial charge in [0.1, 0.15) is 0 Å². The number of benzene rings is 2. The fourth-order valence-electron chi connectivity index (χ4n) is 2.44. The number of rotatable bonds is 5. The molecule has 0 aliphatic heterocycles. The van der Waals surface area contributed by atoms with Gasteiger partial charge in [-0.3, -0.25) is 9.59 Å². The molecule has 1 heterocycles. The van der Waals surface area contributed by atoms with E-state index in [2.05, 4.69) is 5.10 Å². The molecule has 0 aliphatic carbocycles. The lowest BCUT2D eigenvalue weighted by molar-refractivity contribution is 0.103. The van der Waals surface area contributed by atoms with Crippen molar-refractivity contribution in [3.8, 4) is 5.75 Å². The van der Waals surface area contributed by atoms with Crippen molar-refractivity contribution in [2.45, 2.75) is 6.54 Å². The molecule has 3 rings (SSSR count). The molecule has 1 aromatic heterocycles. The highest BCUT2D eigenvalue weighted by Crippen LogP contribution is 2.16. The van der Waals surface area contributed by atoms with Gasteiger partial charge in [-0.1, -0.05) is 60.7 Å². The van der Waals surface area contributed by atoms with Crippen LogP contribution in [0.25, 0.3) is 0 Å². The van der Waals surface area contributed by atoms with E-state index >= 15 is 0 Å². The summed E-state index contributed by atoms with van der Waals surface area (Å²) < 4.78 is 6.49. The third kappa shape index (κ3) is 3.10. The summed E-state index contributed by atoms with van der Waals surface area (Å²) in [6.45, 7) is 0.315. The first kappa shape index (κ1) is 15.7. The summed E-state index contributed by atoms with van der Waals surface area (Å²) in [7, 11) is 1.38. The second-order valence-electron chi connectivity index (χ2n) is 5.24. The van der Waals surface area contributed by atoms with Gasteiger partial charge in [-0.15, -0.1) is 0 Å². The number of carbonyl (C=O) groups is 1. The molecule has 120 valence electrons. The molecule has 2 aromatic carbocycles. The first-order valence-electron chi connectivity index (χ1n) is 7.48. The Balaban J connectivity index is 2.00. The van der Waals surface area contributed by atoms with E-state index < -0.39 is 5.56 Å². The van der Waals surface area contributed by atoms with E-state index in [1.807, 2.05) is 36.4 Å². The molecule has 0 radical (unpaired) electrons. The van der Waals surface area contributed by atoms with Gasteiger partial charge in [-0.2, -0.15) is 5.10 Å². The lowest BCUT2D eigenvalue weighted by Gasteiger charge is -2.10. The quantitative estimate of drug-likeness (QED) is 0.678. The van der Waals surface area contributed by atoms with E-state index in [4.69, 9.17) is 4.74 Å². The molecule has 0 bridgehead atoms. The zero-order valence-electron chi connectivity index (χ0n) is 13.2. The highest BCUT2D eigenvalue weighted by atomic mass is 16.5. The maximum atomic E-state index is 12.6. The molecular formula is C19H16N2O3. The van der Waals surface area contributed by atoms with E-state index in [1.165, 1.54) is 18.0 Å². The molecule has 0 saturated carbocycles. The zero-order valence-corrected chi connectivity index (χ0v) is 13.2. The summed E-state index contributed by atoms with van der Waals surface area (Å²) in [4.78, 5) is 25.2. The van der Waals surface area contributed by atoms with E-state index in [1.54, 1.807) is 24.3 Å². The summed E-state index contributed by atoms with van der Waals surface area (Å²) in [5.74, 6) is -0.279. The van der Waals surface area contributed by atoms with Crippen LogP contribution in [0, 0.1) is 0 Å². The molecule has 5 nitrogen and oxygen atoms in total. The smallest absolute Gasteiger partial charge is 0.310 e. The lowest BCUT2D eigenvalue weighted by Crippen LogP contribution is -2.27. The number of carbonyl (C=O) groups excluding carboxylic acids is 1. The first-order valence-corrected chi connectivity index (χ1v) is 7.48. The number of methoxy groups -OCH3 is 1. The van der Waals surface area contributed by atoms with Gasteiger partial charge in [-0.25, -0.2) is 4.68 Å². The largest absolute Gasteiger partial charge is 0.490 e. The van der Waals surface area contributed by atoms with Crippen molar-refractivity contribution in [2.24, 2.45) is 0 Å².